The zero-order chi connectivity index (χ0) is 13.1. The summed E-state index contributed by atoms with van der Waals surface area (Å²) in [5.41, 5.74) is -0.364. The molecule has 1 aliphatic carbocycles. The van der Waals surface area contributed by atoms with Crippen molar-refractivity contribution in [2.24, 2.45) is 0 Å². The minimum atomic E-state index is -0.364. The number of hydrogen-bond donors (Lipinski definition) is 2. The Hall–Kier alpha value is -2.05. The van der Waals surface area contributed by atoms with Crippen molar-refractivity contribution in [2.75, 3.05) is 25.6 Å². The first-order valence-corrected chi connectivity index (χ1v) is 5.74. The van der Waals surface area contributed by atoms with Crippen molar-refractivity contribution in [2.45, 2.75) is 18.9 Å². The number of likely N-dealkylation sites (N-methyl/N-ethyl adjacent to an activating group) is 1. The highest BCUT2D eigenvalue weighted by atomic mass is 16.5. The molecule has 0 atom stereocenters. The number of methoxy groups -OCH3 is 1. The van der Waals surface area contributed by atoms with Crippen LogP contribution in [-0.2, 0) is 4.79 Å². The molecule has 0 unspecified atom stereocenters. The van der Waals surface area contributed by atoms with Gasteiger partial charge < -0.3 is 19.9 Å². The lowest BCUT2D eigenvalue weighted by molar-refractivity contribution is -0.119. The largest absolute Gasteiger partial charge is 0.489 e. The lowest BCUT2D eigenvalue weighted by atomic mass is 10.4. The number of ether oxygens (including phenoxy) is 1. The van der Waals surface area contributed by atoms with Gasteiger partial charge in [0, 0.05) is 13.1 Å². The van der Waals surface area contributed by atoms with Crippen LogP contribution in [0.5, 0.6) is 5.75 Å². The zero-order valence-electron chi connectivity index (χ0n) is 10.4. The van der Waals surface area contributed by atoms with E-state index in [0.717, 1.165) is 12.8 Å². The molecule has 18 heavy (non-hydrogen) atoms. The fraction of sp³-hybridized carbons (Fsp3) is 0.545. The van der Waals surface area contributed by atoms with Gasteiger partial charge in [-0.05, 0) is 12.8 Å². The van der Waals surface area contributed by atoms with Gasteiger partial charge in [-0.3, -0.25) is 9.59 Å². The quantitative estimate of drug-likeness (QED) is 0.737. The number of amides is 1. The van der Waals surface area contributed by atoms with E-state index in [1.165, 1.54) is 13.4 Å². The number of nitrogens with zero attached hydrogens (tertiary/aromatic N) is 2. The summed E-state index contributed by atoms with van der Waals surface area (Å²) >= 11 is 0. The van der Waals surface area contributed by atoms with Gasteiger partial charge in [-0.25, -0.2) is 4.98 Å². The number of carbonyl (C=O) groups is 1. The Balaban J connectivity index is 2.07. The summed E-state index contributed by atoms with van der Waals surface area (Å²) in [6.45, 7) is 0.142. The summed E-state index contributed by atoms with van der Waals surface area (Å²) in [6.07, 6.45) is 3.37. The SMILES string of the molecule is COc1c(N(C)CC(=O)NC2CC2)nc[nH]c1=O. The Bertz CT molecular complexity index is 495. The van der Waals surface area contributed by atoms with Gasteiger partial charge in [-0.2, -0.15) is 0 Å². The first-order chi connectivity index (χ1) is 8.61. The number of nitrogens with one attached hydrogen (secondary N) is 2. The smallest absolute Gasteiger partial charge is 0.295 e. The minimum absolute atomic E-state index is 0.0795. The van der Waals surface area contributed by atoms with Gasteiger partial charge in [0.1, 0.15) is 0 Å². The fourth-order valence-electron chi connectivity index (χ4n) is 1.62. The van der Waals surface area contributed by atoms with Gasteiger partial charge in [0.05, 0.1) is 20.0 Å². The number of hydrogen-bond acceptors (Lipinski definition) is 5. The number of rotatable bonds is 5. The molecule has 0 radical (unpaired) electrons. The van der Waals surface area contributed by atoms with Crippen LogP contribution in [-0.4, -0.2) is 42.6 Å². The van der Waals surface area contributed by atoms with E-state index in [4.69, 9.17) is 4.74 Å². The van der Waals surface area contributed by atoms with Crippen LogP contribution in [0.2, 0.25) is 0 Å². The van der Waals surface area contributed by atoms with Crippen LogP contribution in [0.25, 0.3) is 0 Å². The maximum atomic E-state index is 11.7. The third kappa shape index (κ3) is 2.79. The molecule has 0 bridgehead atoms. The van der Waals surface area contributed by atoms with Crippen LogP contribution in [0.3, 0.4) is 0 Å². The number of H-pyrrole nitrogens is 1. The summed E-state index contributed by atoms with van der Waals surface area (Å²) in [6, 6.07) is 0.319. The second kappa shape index (κ2) is 5.07. The molecule has 1 fully saturated rings. The van der Waals surface area contributed by atoms with E-state index in [-0.39, 0.29) is 23.8 Å². The van der Waals surface area contributed by atoms with E-state index in [1.807, 2.05) is 0 Å². The molecular weight excluding hydrogens is 236 g/mol. The fourth-order valence-corrected chi connectivity index (χ4v) is 1.62. The molecule has 1 saturated carbocycles. The van der Waals surface area contributed by atoms with Gasteiger partial charge in [-0.1, -0.05) is 0 Å². The van der Waals surface area contributed by atoms with Crippen LogP contribution in [0, 0.1) is 0 Å². The van der Waals surface area contributed by atoms with Crippen molar-refractivity contribution in [3.8, 4) is 5.75 Å². The Labute approximate surface area is 104 Å². The maximum Gasteiger partial charge on any atom is 0.295 e. The standard InChI is InChI=1S/C11H16N4O3/c1-15(5-8(16)14-7-3-4-7)10-9(18-2)11(17)13-6-12-10/h6-7H,3-5H2,1-2H3,(H,14,16)(H,12,13,17). The Morgan fingerprint density at radius 2 is 2.39 bits per heavy atom. The molecule has 2 N–H and O–H groups in total. The Morgan fingerprint density at radius 1 is 1.67 bits per heavy atom. The summed E-state index contributed by atoms with van der Waals surface area (Å²) in [7, 11) is 3.09. The Morgan fingerprint density at radius 3 is 3.00 bits per heavy atom. The number of aromatic nitrogens is 2. The van der Waals surface area contributed by atoms with Gasteiger partial charge >= 0.3 is 0 Å². The molecule has 1 aliphatic rings. The normalized spacial score (nSPS) is 14.1. The predicted molar refractivity (Wildman–Crippen MR) is 65.8 cm³/mol. The van der Waals surface area contributed by atoms with Crippen LogP contribution < -0.4 is 20.5 Å². The maximum absolute atomic E-state index is 11.7. The van der Waals surface area contributed by atoms with Crippen molar-refractivity contribution in [3.63, 3.8) is 0 Å². The van der Waals surface area contributed by atoms with Crippen LogP contribution in [0.15, 0.2) is 11.1 Å². The molecule has 7 heteroatoms. The molecular formula is C11H16N4O3. The molecule has 2 rings (SSSR count). The first-order valence-electron chi connectivity index (χ1n) is 5.74. The number of anilines is 1. The van der Waals surface area contributed by atoms with Gasteiger partial charge in [0.2, 0.25) is 11.7 Å². The van der Waals surface area contributed by atoms with E-state index >= 15 is 0 Å². The summed E-state index contributed by atoms with van der Waals surface area (Å²) in [5, 5.41) is 2.87. The van der Waals surface area contributed by atoms with Crippen LogP contribution in [0.4, 0.5) is 5.82 Å². The molecule has 0 saturated heterocycles. The minimum Gasteiger partial charge on any atom is -0.489 e. The molecule has 1 heterocycles. The molecule has 0 aromatic carbocycles. The second-order valence-electron chi connectivity index (χ2n) is 4.29. The van der Waals surface area contributed by atoms with Crippen molar-refractivity contribution < 1.29 is 9.53 Å². The zero-order valence-corrected chi connectivity index (χ0v) is 10.4. The summed E-state index contributed by atoms with van der Waals surface area (Å²) < 4.78 is 4.99. The first kappa shape index (κ1) is 12.4. The van der Waals surface area contributed by atoms with E-state index in [1.54, 1.807) is 11.9 Å². The second-order valence-corrected chi connectivity index (χ2v) is 4.29. The van der Waals surface area contributed by atoms with Crippen molar-refractivity contribution in [1.29, 1.82) is 0 Å². The summed E-state index contributed by atoms with van der Waals surface area (Å²) in [5.74, 6) is 0.385. The van der Waals surface area contributed by atoms with E-state index in [0.29, 0.717) is 11.9 Å². The molecule has 0 spiro atoms. The van der Waals surface area contributed by atoms with E-state index in [2.05, 4.69) is 15.3 Å². The van der Waals surface area contributed by atoms with Gasteiger partial charge in [0.15, 0.2) is 5.82 Å². The predicted octanol–water partition coefficient (Wildman–Crippen LogP) is -0.507. The Kier molecular flexibility index (Phi) is 3.50. The monoisotopic (exact) mass is 252 g/mol. The van der Waals surface area contributed by atoms with Crippen molar-refractivity contribution in [3.05, 3.63) is 16.7 Å². The number of aromatic amines is 1. The van der Waals surface area contributed by atoms with E-state index in [9.17, 15) is 9.59 Å². The molecule has 1 aromatic heterocycles. The highest BCUT2D eigenvalue weighted by molar-refractivity contribution is 5.81. The highest BCUT2D eigenvalue weighted by Crippen LogP contribution is 2.20. The average Bonchev–Trinajstić information content (AvgIpc) is 3.12. The molecule has 98 valence electrons. The third-order valence-corrected chi connectivity index (χ3v) is 2.68. The third-order valence-electron chi connectivity index (χ3n) is 2.68. The van der Waals surface area contributed by atoms with Gasteiger partial charge in [-0.15, -0.1) is 0 Å². The summed E-state index contributed by atoms with van der Waals surface area (Å²) in [4.78, 5) is 31.2. The van der Waals surface area contributed by atoms with Gasteiger partial charge in [0.25, 0.3) is 5.56 Å². The van der Waals surface area contributed by atoms with Crippen LogP contribution in [0.1, 0.15) is 12.8 Å². The number of carbonyl (C=O) groups excluding carboxylic acids is 1. The lowest BCUT2D eigenvalue weighted by Gasteiger charge is -2.18. The molecule has 1 aromatic rings. The lowest BCUT2D eigenvalue weighted by Crippen LogP contribution is -2.37. The van der Waals surface area contributed by atoms with E-state index < -0.39 is 0 Å². The highest BCUT2D eigenvalue weighted by Gasteiger charge is 2.24. The topological polar surface area (TPSA) is 87.3 Å². The van der Waals surface area contributed by atoms with Crippen molar-refractivity contribution >= 4 is 11.7 Å². The van der Waals surface area contributed by atoms with Crippen molar-refractivity contribution in [1.82, 2.24) is 15.3 Å². The molecule has 1 amide bonds. The molecule has 0 aliphatic heterocycles. The molecule has 7 nitrogen and oxygen atoms in total. The van der Waals surface area contributed by atoms with Crippen LogP contribution >= 0.6 is 0 Å². The average molecular weight is 252 g/mol.